The van der Waals surface area contributed by atoms with E-state index >= 15 is 0 Å². The smallest absolute Gasteiger partial charge is 0.123 e. The monoisotopic (exact) mass is 211 g/mol. The van der Waals surface area contributed by atoms with Crippen LogP contribution >= 0.6 is 0 Å². The molecule has 1 rings (SSSR count). The van der Waals surface area contributed by atoms with E-state index in [0.717, 1.165) is 18.5 Å². The number of halogens is 1. The lowest BCUT2D eigenvalue weighted by Crippen LogP contribution is -2.22. The maximum atomic E-state index is 12.7. The van der Waals surface area contributed by atoms with E-state index in [1.54, 1.807) is 19.1 Å². The summed E-state index contributed by atoms with van der Waals surface area (Å²) < 4.78 is 12.7. The molecule has 0 bridgehead atoms. The normalized spacial score (nSPS) is 14.9. The fourth-order valence-electron chi connectivity index (χ4n) is 1.38. The third-order valence-corrected chi connectivity index (χ3v) is 2.38. The molecule has 0 aliphatic heterocycles. The van der Waals surface area contributed by atoms with Crippen LogP contribution in [0.2, 0.25) is 0 Å². The maximum absolute atomic E-state index is 12.7. The van der Waals surface area contributed by atoms with Crippen LogP contribution < -0.4 is 5.32 Å². The third kappa shape index (κ3) is 4.40. The minimum Gasteiger partial charge on any atom is -0.393 e. The highest BCUT2D eigenvalue weighted by molar-refractivity contribution is 5.19. The Morgan fingerprint density at radius 3 is 2.40 bits per heavy atom. The second-order valence-corrected chi connectivity index (χ2v) is 3.87. The summed E-state index contributed by atoms with van der Waals surface area (Å²) in [4.78, 5) is 0. The summed E-state index contributed by atoms with van der Waals surface area (Å²) in [5, 5.41) is 12.3. The van der Waals surface area contributed by atoms with Gasteiger partial charge in [-0.1, -0.05) is 12.1 Å². The molecule has 0 amide bonds. The summed E-state index contributed by atoms with van der Waals surface area (Å²) in [6.07, 6.45) is 0.448. The predicted octanol–water partition coefficient (Wildman–Crippen LogP) is 2.25. The van der Waals surface area contributed by atoms with Crippen LogP contribution in [0.1, 0.15) is 31.9 Å². The number of benzene rings is 1. The van der Waals surface area contributed by atoms with Gasteiger partial charge in [0.2, 0.25) is 0 Å². The molecule has 0 aliphatic carbocycles. The molecule has 3 heteroatoms. The topological polar surface area (TPSA) is 32.3 Å². The Bertz CT molecular complexity index is 284. The van der Waals surface area contributed by atoms with Crippen molar-refractivity contribution in [3.8, 4) is 0 Å². The molecule has 1 aromatic rings. The third-order valence-electron chi connectivity index (χ3n) is 2.38. The number of hydrogen-bond donors (Lipinski definition) is 2. The Morgan fingerprint density at radius 1 is 1.27 bits per heavy atom. The molecular weight excluding hydrogens is 193 g/mol. The van der Waals surface area contributed by atoms with Crippen molar-refractivity contribution >= 4 is 0 Å². The van der Waals surface area contributed by atoms with Gasteiger partial charge in [-0.3, -0.25) is 0 Å². The van der Waals surface area contributed by atoms with Crippen LogP contribution in [0, 0.1) is 5.82 Å². The van der Waals surface area contributed by atoms with Crippen molar-refractivity contribution in [1.29, 1.82) is 0 Å². The maximum Gasteiger partial charge on any atom is 0.123 e. The van der Waals surface area contributed by atoms with Crippen molar-refractivity contribution < 1.29 is 9.50 Å². The molecule has 2 unspecified atom stereocenters. The number of rotatable bonds is 5. The van der Waals surface area contributed by atoms with Crippen LogP contribution in [0.5, 0.6) is 0 Å². The zero-order valence-corrected chi connectivity index (χ0v) is 9.20. The molecule has 2 nitrogen and oxygen atoms in total. The summed E-state index contributed by atoms with van der Waals surface area (Å²) >= 11 is 0. The van der Waals surface area contributed by atoms with Crippen LogP contribution in [0.4, 0.5) is 4.39 Å². The fourth-order valence-corrected chi connectivity index (χ4v) is 1.38. The van der Waals surface area contributed by atoms with Gasteiger partial charge in [0.1, 0.15) is 5.82 Å². The molecule has 0 heterocycles. The van der Waals surface area contributed by atoms with Crippen molar-refractivity contribution in [3.05, 3.63) is 35.6 Å². The van der Waals surface area contributed by atoms with Gasteiger partial charge in [0.15, 0.2) is 0 Å². The molecule has 0 radical (unpaired) electrons. The fraction of sp³-hybridized carbons (Fsp3) is 0.500. The lowest BCUT2D eigenvalue weighted by Gasteiger charge is -2.14. The van der Waals surface area contributed by atoms with E-state index in [2.05, 4.69) is 5.32 Å². The van der Waals surface area contributed by atoms with Gasteiger partial charge in [0.05, 0.1) is 6.10 Å². The van der Waals surface area contributed by atoms with E-state index in [0.29, 0.717) is 0 Å². The van der Waals surface area contributed by atoms with Crippen LogP contribution in [0.25, 0.3) is 0 Å². The molecule has 0 saturated heterocycles. The lowest BCUT2D eigenvalue weighted by atomic mass is 10.1. The second-order valence-electron chi connectivity index (χ2n) is 3.87. The average Bonchev–Trinajstić information content (AvgIpc) is 2.18. The van der Waals surface area contributed by atoms with Crippen molar-refractivity contribution in [2.75, 3.05) is 6.54 Å². The van der Waals surface area contributed by atoms with Crippen molar-refractivity contribution in [3.63, 3.8) is 0 Å². The van der Waals surface area contributed by atoms with Gasteiger partial charge in [0.25, 0.3) is 0 Å². The van der Waals surface area contributed by atoms with E-state index in [4.69, 9.17) is 5.11 Å². The molecule has 0 aliphatic rings. The van der Waals surface area contributed by atoms with Crippen LogP contribution in [-0.2, 0) is 0 Å². The number of nitrogens with one attached hydrogen (secondary N) is 1. The number of aliphatic hydroxyl groups is 1. The minimum atomic E-state index is -0.280. The van der Waals surface area contributed by atoms with Gasteiger partial charge in [-0.2, -0.15) is 0 Å². The Morgan fingerprint density at radius 2 is 1.87 bits per heavy atom. The SMILES string of the molecule is CC(O)CCNC(C)c1ccc(F)cc1. The minimum absolute atomic E-state index is 0.185. The summed E-state index contributed by atoms with van der Waals surface area (Å²) in [5.74, 6) is -0.213. The average molecular weight is 211 g/mol. The number of aliphatic hydroxyl groups excluding tert-OH is 1. The Labute approximate surface area is 90.1 Å². The molecule has 2 N–H and O–H groups in total. The van der Waals surface area contributed by atoms with Crippen LogP contribution in [-0.4, -0.2) is 17.8 Å². The van der Waals surface area contributed by atoms with Crippen molar-refractivity contribution in [1.82, 2.24) is 5.32 Å². The van der Waals surface area contributed by atoms with Gasteiger partial charge < -0.3 is 10.4 Å². The highest BCUT2D eigenvalue weighted by Crippen LogP contribution is 2.12. The lowest BCUT2D eigenvalue weighted by molar-refractivity contribution is 0.182. The summed E-state index contributed by atoms with van der Waals surface area (Å²) in [6, 6.07) is 6.65. The largest absolute Gasteiger partial charge is 0.393 e. The first-order valence-corrected chi connectivity index (χ1v) is 5.26. The van der Waals surface area contributed by atoms with E-state index in [1.807, 2.05) is 6.92 Å². The Hall–Kier alpha value is -0.930. The molecular formula is C12H18FNO. The predicted molar refractivity (Wildman–Crippen MR) is 59.1 cm³/mol. The molecule has 0 aromatic heterocycles. The van der Waals surface area contributed by atoms with Crippen molar-refractivity contribution in [2.24, 2.45) is 0 Å². The zero-order chi connectivity index (χ0) is 11.3. The molecule has 0 fully saturated rings. The molecule has 84 valence electrons. The Balaban J connectivity index is 2.40. The second kappa shape index (κ2) is 5.83. The van der Waals surface area contributed by atoms with Gasteiger partial charge >= 0.3 is 0 Å². The highest BCUT2D eigenvalue weighted by Gasteiger charge is 2.04. The van der Waals surface area contributed by atoms with Gasteiger partial charge in [-0.05, 0) is 44.5 Å². The highest BCUT2D eigenvalue weighted by atomic mass is 19.1. The first-order valence-electron chi connectivity index (χ1n) is 5.26. The summed E-state index contributed by atoms with van der Waals surface area (Å²) in [5.41, 5.74) is 1.06. The van der Waals surface area contributed by atoms with E-state index < -0.39 is 0 Å². The van der Waals surface area contributed by atoms with Crippen LogP contribution in [0.3, 0.4) is 0 Å². The van der Waals surface area contributed by atoms with E-state index in [1.165, 1.54) is 12.1 Å². The van der Waals surface area contributed by atoms with Gasteiger partial charge in [-0.15, -0.1) is 0 Å². The number of hydrogen-bond acceptors (Lipinski definition) is 2. The molecule has 1 aromatic carbocycles. The molecule has 2 atom stereocenters. The van der Waals surface area contributed by atoms with Crippen molar-refractivity contribution in [2.45, 2.75) is 32.4 Å². The van der Waals surface area contributed by atoms with Gasteiger partial charge in [-0.25, -0.2) is 4.39 Å². The molecule has 15 heavy (non-hydrogen) atoms. The first kappa shape index (κ1) is 12.1. The summed E-state index contributed by atoms with van der Waals surface area (Å²) in [7, 11) is 0. The van der Waals surface area contributed by atoms with E-state index in [-0.39, 0.29) is 18.0 Å². The van der Waals surface area contributed by atoms with Crippen LogP contribution in [0.15, 0.2) is 24.3 Å². The molecule has 0 saturated carbocycles. The standard InChI is InChI=1S/C12H18FNO/c1-9(15)7-8-14-10(2)11-3-5-12(13)6-4-11/h3-6,9-10,14-15H,7-8H2,1-2H3. The first-order chi connectivity index (χ1) is 7.09. The summed E-state index contributed by atoms with van der Waals surface area (Å²) in [6.45, 7) is 4.55. The quantitative estimate of drug-likeness (QED) is 0.783. The molecule has 0 spiro atoms. The zero-order valence-electron chi connectivity index (χ0n) is 9.20. The van der Waals surface area contributed by atoms with Gasteiger partial charge in [0, 0.05) is 6.04 Å². The Kier molecular flexibility index (Phi) is 4.72. The van der Waals surface area contributed by atoms with E-state index in [9.17, 15) is 4.39 Å².